The highest BCUT2D eigenvalue weighted by Crippen LogP contribution is 2.24. The molecule has 0 saturated heterocycles. The van der Waals surface area contributed by atoms with E-state index in [1.165, 1.54) is 41.3 Å². The molecule has 0 aliphatic rings. The summed E-state index contributed by atoms with van der Waals surface area (Å²) < 4.78 is 25.1. The second-order valence-corrected chi connectivity index (χ2v) is 6.40. The molecule has 1 aromatic carbocycles. The molecule has 7 nitrogen and oxygen atoms in total. The Bertz CT molecular complexity index is 979. The van der Waals surface area contributed by atoms with Crippen molar-refractivity contribution in [2.75, 3.05) is 13.2 Å². The van der Waals surface area contributed by atoms with Crippen LogP contribution in [0.3, 0.4) is 0 Å². The highest BCUT2D eigenvalue weighted by atomic mass is 35.5. The van der Waals surface area contributed by atoms with Crippen LogP contribution in [0.15, 0.2) is 36.7 Å². The van der Waals surface area contributed by atoms with Gasteiger partial charge in [0.1, 0.15) is 16.5 Å². The van der Waals surface area contributed by atoms with Crippen molar-refractivity contribution in [1.29, 1.82) is 0 Å². The molecule has 10 heteroatoms. The molecule has 28 heavy (non-hydrogen) atoms. The van der Waals surface area contributed by atoms with E-state index >= 15 is 0 Å². The number of halogens is 3. The number of hydrogen-bond acceptors (Lipinski definition) is 6. The first-order valence-electron chi connectivity index (χ1n) is 8.24. The predicted molar refractivity (Wildman–Crippen MR) is 101 cm³/mol. The lowest BCUT2D eigenvalue weighted by Crippen LogP contribution is -2.10. The monoisotopic (exact) mass is 424 g/mol. The highest BCUT2D eigenvalue weighted by Gasteiger charge is 2.22. The second-order valence-electron chi connectivity index (χ2n) is 5.66. The Morgan fingerprint density at radius 2 is 1.93 bits per heavy atom. The molecule has 2 aromatic heterocycles. The van der Waals surface area contributed by atoms with Crippen molar-refractivity contribution >= 4 is 29.2 Å². The van der Waals surface area contributed by atoms with Gasteiger partial charge in [-0.25, -0.2) is 13.9 Å². The molecule has 0 atom stereocenters. The first-order valence-corrected chi connectivity index (χ1v) is 9.00. The zero-order valence-corrected chi connectivity index (χ0v) is 16.2. The molecule has 2 heterocycles. The Kier molecular flexibility index (Phi) is 6.43. The minimum atomic E-state index is -0.599. The Morgan fingerprint density at radius 3 is 2.64 bits per heavy atom. The molecule has 3 rings (SSSR count). The summed E-state index contributed by atoms with van der Waals surface area (Å²) in [4.78, 5) is 20.1. The van der Waals surface area contributed by atoms with E-state index in [0.717, 1.165) is 0 Å². The van der Waals surface area contributed by atoms with Crippen LogP contribution in [0.4, 0.5) is 4.39 Å². The van der Waals surface area contributed by atoms with Gasteiger partial charge >= 0.3 is 5.97 Å². The molecule has 0 spiro atoms. The van der Waals surface area contributed by atoms with E-state index in [1.54, 1.807) is 6.92 Å². The summed E-state index contributed by atoms with van der Waals surface area (Å²) in [6.07, 6.45) is 3.27. The largest absolute Gasteiger partial charge is 0.476 e. The van der Waals surface area contributed by atoms with Gasteiger partial charge in [-0.2, -0.15) is 10.1 Å². The quantitative estimate of drug-likeness (QED) is 0.420. The van der Waals surface area contributed by atoms with Crippen LogP contribution in [0.1, 0.15) is 22.5 Å². The summed E-state index contributed by atoms with van der Waals surface area (Å²) in [5, 5.41) is 4.56. The van der Waals surface area contributed by atoms with E-state index in [-0.39, 0.29) is 34.9 Å². The lowest BCUT2D eigenvalue weighted by molar-refractivity contribution is 0.0484. The minimum absolute atomic E-state index is 0.0968. The molecule has 0 fully saturated rings. The van der Waals surface area contributed by atoms with Crippen molar-refractivity contribution in [2.24, 2.45) is 0 Å². The number of hydrogen-bond donors (Lipinski definition) is 0. The van der Waals surface area contributed by atoms with Crippen LogP contribution in [-0.4, -0.2) is 38.9 Å². The molecule has 0 unspecified atom stereocenters. The van der Waals surface area contributed by atoms with Crippen LogP contribution in [-0.2, 0) is 4.74 Å². The number of aryl methyl sites for hydroxylation is 1. The summed E-state index contributed by atoms with van der Waals surface area (Å²) >= 11 is 12.0. The Labute approximate surface area is 170 Å². The summed E-state index contributed by atoms with van der Waals surface area (Å²) in [7, 11) is 0. The number of aromatic nitrogens is 4. The third-order valence-corrected chi connectivity index (χ3v) is 4.17. The molecule has 146 valence electrons. The Hall–Kier alpha value is -2.71. The summed E-state index contributed by atoms with van der Waals surface area (Å²) in [5.41, 5.74) is 1.10. The fourth-order valence-corrected chi connectivity index (χ4v) is 2.84. The molecule has 0 N–H and O–H groups in total. The van der Waals surface area contributed by atoms with Crippen molar-refractivity contribution in [1.82, 2.24) is 19.7 Å². The van der Waals surface area contributed by atoms with Crippen molar-refractivity contribution in [2.45, 2.75) is 13.3 Å². The molecule has 0 aliphatic heterocycles. The molecular formula is C18H15Cl2FN4O3. The maximum absolute atomic E-state index is 13.1. The second kappa shape index (κ2) is 8.99. The Morgan fingerprint density at radius 1 is 1.18 bits per heavy atom. The normalized spacial score (nSPS) is 10.7. The first kappa shape index (κ1) is 20.0. The molecule has 3 aromatic rings. The Balaban J connectivity index is 1.56. The summed E-state index contributed by atoms with van der Waals surface area (Å²) in [6, 6.07) is 5.59. The third-order valence-electron chi connectivity index (χ3n) is 3.63. The van der Waals surface area contributed by atoms with Gasteiger partial charge < -0.3 is 9.47 Å². The van der Waals surface area contributed by atoms with Gasteiger partial charge in [-0.05, 0) is 31.2 Å². The van der Waals surface area contributed by atoms with Crippen molar-refractivity contribution < 1.29 is 18.7 Å². The first-order chi connectivity index (χ1) is 13.5. The van der Waals surface area contributed by atoms with E-state index in [1.807, 2.05) is 0 Å². The van der Waals surface area contributed by atoms with Crippen LogP contribution < -0.4 is 4.74 Å². The van der Waals surface area contributed by atoms with Gasteiger partial charge in [0, 0.05) is 6.42 Å². The van der Waals surface area contributed by atoms with Gasteiger partial charge in [0.2, 0.25) is 5.88 Å². The lowest BCUT2D eigenvalue weighted by Gasteiger charge is -2.07. The smallest absolute Gasteiger partial charge is 0.343 e. The topological polar surface area (TPSA) is 79.1 Å². The maximum atomic E-state index is 13.1. The number of benzene rings is 1. The predicted octanol–water partition coefficient (Wildman–Crippen LogP) is 4.04. The number of carbonyl (C=O) groups excluding carboxylic acids is 1. The fourth-order valence-electron chi connectivity index (χ4n) is 2.35. The van der Waals surface area contributed by atoms with E-state index in [2.05, 4.69) is 15.1 Å². The molecule has 0 radical (unpaired) electrons. The minimum Gasteiger partial charge on any atom is -0.476 e. The summed E-state index contributed by atoms with van der Waals surface area (Å²) in [5.74, 6) is -0.689. The average molecular weight is 425 g/mol. The third kappa shape index (κ3) is 4.76. The van der Waals surface area contributed by atoms with E-state index in [9.17, 15) is 9.18 Å². The number of rotatable bonds is 7. The lowest BCUT2D eigenvalue weighted by atomic mass is 10.2. The average Bonchev–Trinajstić information content (AvgIpc) is 2.96. The van der Waals surface area contributed by atoms with Crippen molar-refractivity contribution in [3.63, 3.8) is 0 Å². The number of carbonyl (C=O) groups is 1. The zero-order valence-electron chi connectivity index (χ0n) is 14.7. The van der Waals surface area contributed by atoms with Gasteiger partial charge in [0.25, 0.3) is 0 Å². The molecule has 0 aliphatic carbocycles. The molecular weight excluding hydrogens is 410 g/mol. The van der Waals surface area contributed by atoms with Gasteiger partial charge in [0.05, 0.1) is 37.0 Å². The van der Waals surface area contributed by atoms with Crippen LogP contribution >= 0.6 is 23.2 Å². The summed E-state index contributed by atoms with van der Waals surface area (Å²) in [6.45, 7) is 2.03. The molecule has 0 bridgehead atoms. The molecule has 0 amide bonds. The highest BCUT2D eigenvalue weighted by molar-refractivity contribution is 6.33. The van der Waals surface area contributed by atoms with Gasteiger partial charge in [0.15, 0.2) is 5.15 Å². The van der Waals surface area contributed by atoms with Gasteiger partial charge in [-0.1, -0.05) is 23.2 Å². The number of nitrogens with zero attached hydrogens (tertiary/aromatic N) is 4. The van der Waals surface area contributed by atoms with Crippen molar-refractivity contribution in [3.05, 3.63) is 64.0 Å². The van der Waals surface area contributed by atoms with E-state index in [0.29, 0.717) is 23.7 Å². The van der Waals surface area contributed by atoms with Gasteiger partial charge in [-0.3, -0.25) is 4.98 Å². The molecule has 0 saturated carbocycles. The van der Waals surface area contributed by atoms with Gasteiger partial charge in [-0.15, -0.1) is 0 Å². The van der Waals surface area contributed by atoms with Crippen LogP contribution in [0, 0.1) is 12.7 Å². The fraction of sp³-hybridized carbons (Fsp3) is 0.222. The zero-order chi connectivity index (χ0) is 20.1. The maximum Gasteiger partial charge on any atom is 0.343 e. The standard InChI is InChI=1S/C18H15Cl2FN4O3/c1-11-16(17(20)25(24-11)13-5-3-12(21)4-6-13)18(26)28-8-2-7-27-15-10-22-9-14(19)23-15/h3-6,9-10H,2,7-8H2,1H3. The number of esters is 1. The van der Waals surface area contributed by atoms with Crippen LogP contribution in [0.2, 0.25) is 10.3 Å². The van der Waals surface area contributed by atoms with Crippen molar-refractivity contribution in [3.8, 4) is 11.6 Å². The number of ether oxygens (including phenoxy) is 2. The van der Waals surface area contributed by atoms with Crippen LogP contribution in [0.25, 0.3) is 5.69 Å². The van der Waals surface area contributed by atoms with E-state index < -0.39 is 5.97 Å². The van der Waals surface area contributed by atoms with E-state index in [4.69, 9.17) is 32.7 Å². The van der Waals surface area contributed by atoms with Crippen LogP contribution in [0.5, 0.6) is 5.88 Å². The SMILES string of the molecule is Cc1nn(-c2ccc(F)cc2)c(Cl)c1C(=O)OCCCOc1cncc(Cl)n1.